The Morgan fingerprint density at radius 1 is 0.844 bits per heavy atom. The van der Waals surface area contributed by atoms with Crippen LogP contribution in [0.5, 0.6) is 0 Å². The van der Waals surface area contributed by atoms with Crippen LogP contribution in [0, 0.1) is 27.7 Å². The number of rotatable bonds is 5. The van der Waals surface area contributed by atoms with Crippen LogP contribution in [0.25, 0.3) is 11.4 Å². The minimum Gasteiger partial charge on any atom is -0.478 e. The van der Waals surface area contributed by atoms with E-state index in [2.05, 4.69) is 53.7 Å². The van der Waals surface area contributed by atoms with Gasteiger partial charge in [0, 0.05) is 45.9 Å². The first-order valence-corrected chi connectivity index (χ1v) is 10.7. The molecular weight excluding hydrogens is 422 g/mol. The number of aromatic nitrogens is 2. The van der Waals surface area contributed by atoms with E-state index in [1.165, 1.54) is 17.5 Å². The zero-order valence-corrected chi connectivity index (χ0v) is 19.2. The van der Waals surface area contributed by atoms with Crippen LogP contribution < -0.4 is 0 Å². The monoisotopic (exact) mass is 445 g/mol. The Morgan fingerprint density at radius 3 is 2.06 bits per heavy atom. The van der Waals surface area contributed by atoms with E-state index in [4.69, 9.17) is 11.6 Å². The van der Waals surface area contributed by atoms with Crippen LogP contribution in [0.4, 0.5) is 5.69 Å². The van der Waals surface area contributed by atoms with E-state index in [0.29, 0.717) is 0 Å². The maximum Gasteiger partial charge on any atom is 0.337 e. The maximum atomic E-state index is 11.2. The zero-order valence-electron chi connectivity index (χ0n) is 18.4. The van der Waals surface area contributed by atoms with Gasteiger partial charge in [-0.15, -0.1) is 0 Å². The second-order valence-corrected chi connectivity index (χ2v) is 8.26. The third-order valence-electron chi connectivity index (χ3n) is 5.64. The van der Waals surface area contributed by atoms with Crippen molar-refractivity contribution in [3.63, 3.8) is 0 Å². The summed E-state index contributed by atoms with van der Waals surface area (Å²) in [5.74, 6) is -1.04. The quantitative estimate of drug-likeness (QED) is 0.351. The van der Waals surface area contributed by atoms with Crippen molar-refractivity contribution >= 4 is 29.5 Å². The molecule has 0 radical (unpaired) electrons. The van der Waals surface area contributed by atoms with Crippen molar-refractivity contribution in [3.05, 3.63) is 99.6 Å². The van der Waals surface area contributed by atoms with Crippen molar-refractivity contribution in [2.24, 2.45) is 4.99 Å². The number of benzene rings is 2. The van der Waals surface area contributed by atoms with E-state index in [0.717, 1.165) is 34.0 Å². The van der Waals surface area contributed by atoms with Crippen LogP contribution in [0.3, 0.4) is 0 Å². The van der Waals surface area contributed by atoms with Crippen molar-refractivity contribution in [3.8, 4) is 11.4 Å². The van der Waals surface area contributed by atoms with Crippen molar-refractivity contribution < 1.29 is 9.90 Å². The lowest BCUT2D eigenvalue weighted by Gasteiger charge is -2.11. The molecule has 0 fully saturated rings. The molecule has 0 aliphatic heterocycles. The van der Waals surface area contributed by atoms with Gasteiger partial charge in [-0.1, -0.05) is 11.6 Å². The Morgan fingerprint density at radius 2 is 1.47 bits per heavy atom. The number of nitrogens with zero attached hydrogens (tertiary/aromatic N) is 3. The van der Waals surface area contributed by atoms with Gasteiger partial charge in [-0.3, -0.25) is 4.99 Å². The number of halogens is 1. The molecule has 0 aliphatic carbocycles. The van der Waals surface area contributed by atoms with Gasteiger partial charge in [0.25, 0.3) is 0 Å². The van der Waals surface area contributed by atoms with Crippen molar-refractivity contribution in [2.45, 2.75) is 27.7 Å². The first-order valence-electron chi connectivity index (χ1n) is 10.3. The summed E-state index contributed by atoms with van der Waals surface area (Å²) in [6.07, 6.45) is 1.85. The first kappa shape index (κ1) is 21.7. The minimum atomic E-state index is -1.04. The fourth-order valence-corrected chi connectivity index (χ4v) is 4.30. The molecule has 4 aromatic rings. The van der Waals surface area contributed by atoms with Gasteiger partial charge in [-0.25, -0.2) is 4.79 Å². The summed E-state index contributed by atoms with van der Waals surface area (Å²) >= 11 is 6.17. The summed E-state index contributed by atoms with van der Waals surface area (Å²) < 4.78 is 4.25. The van der Waals surface area contributed by atoms with Gasteiger partial charge in [0.1, 0.15) is 0 Å². The number of aromatic carboxylic acids is 1. The molecule has 2 aromatic carbocycles. The second-order valence-electron chi connectivity index (χ2n) is 7.86. The topological polar surface area (TPSA) is 59.5 Å². The third-order valence-corrected chi connectivity index (χ3v) is 5.96. The molecule has 0 saturated carbocycles. The number of carboxylic acid groups (broad SMARTS) is 1. The van der Waals surface area contributed by atoms with Crippen molar-refractivity contribution in [1.29, 1.82) is 0 Å². The molecule has 0 saturated heterocycles. The molecule has 2 aromatic heterocycles. The highest BCUT2D eigenvalue weighted by atomic mass is 35.5. The highest BCUT2D eigenvalue weighted by molar-refractivity contribution is 6.33. The van der Waals surface area contributed by atoms with Crippen LogP contribution in [0.2, 0.25) is 5.02 Å². The maximum absolute atomic E-state index is 11.2. The lowest BCUT2D eigenvalue weighted by molar-refractivity contribution is 0.0697. The SMILES string of the molecule is Cc1ccc(C)n1-c1ccc(N=Cc2cc(C)n(-c3ccc(C(=O)O)c(Cl)c3)c2C)cc1. The van der Waals surface area contributed by atoms with Gasteiger partial charge in [-0.05, 0) is 88.4 Å². The van der Waals surface area contributed by atoms with E-state index >= 15 is 0 Å². The molecule has 6 heteroatoms. The molecule has 4 rings (SSSR count). The van der Waals surface area contributed by atoms with Crippen molar-refractivity contribution in [2.75, 3.05) is 0 Å². The second kappa shape index (κ2) is 8.52. The zero-order chi connectivity index (χ0) is 23.0. The smallest absolute Gasteiger partial charge is 0.337 e. The number of carboxylic acids is 1. The van der Waals surface area contributed by atoms with Crippen LogP contribution in [-0.4, -0.2) is 26.4 Å². The van der Waals surface area contributed by atoms with Gasteiger partial charge < -0.3 is 14.2 Å². The Labute approximate surface area is 192 Å². The van der Waals surface area contributed by atoms with Gasteiger partial charge >= 0.3 is 5.97 Å². The van der Waals surface area contributed by atoms with Crippen LogP contribution in [0.15, 0.2) is 65.7 Å². The average molecular weight is 446 g/mol. The fraction of sp³-hybridized carbons (Fsp3) is 0.154. The summed E-state index contributed by atoms with van der Waals surface area (Å²) in [5, 5.41) is 9.42. The Hall–Kier alpha value is -3.57. The summed E-state index contributed by atoms with van der Waals surface area (Å²) in [5.41, 5.74) is 8.29. The molecule has 1 N–H and O–H groups in total. The molecule has 162 valence electrons. The minimum absolute atomic E-state index is 0.0911. The lowest BCUT2D eigenvalue weighted by Crippen LogP contribution is -2.02. The summed E-state index contributed by atoms with van der Waals surface area (Å²) in [6, 6.07) is 19.4. The number of hydrogen-bond acceptors (Lipinski definition) is 2. The predicted molar refractivity (Wildman–Crippen MR) is 130 cm³/mol. The molecule has 0 atom stereocenters. The average Bonchev–Trinajstić information content (AvgIpc) is 3.23. The molecule has 0 aliphatic rings. The first-order chi connectivity index (χ1) is 15.3. The highest BCUT2D eigenvalue weighted by Gasteiger charge is 2.13. The van der Waals surface area contributed by atoms with E-state index in [1.807, 2.05) is 36.8 Å². The van der Waals surface area contributed by atoms with Crippen LogP contribution in [0.1, 0.15) is 38.7 Å². The molecule has 2 heterocycles. The lowest BCUT2D eigenvalue weighted by atomic mass is 10.2. The van der Waals surface area contributed by atoms with Gasteiger partial charge in [-0.2, -0.15) is 0 Å². The molecule has 0 bridgehead atoms. The summed E-state index contributed by atoms with van der Waals surface area (Å²) in [6.45, 7) is 8.20. The molecule has 0 spiro atoms. The van der Waals surface area contributed by atoms with Crippen LogP contribution >= 0.6 is 11.6 Å². The van der Waals surface area contributed by atoms with Gasteiger partial charge in [0.05, 0.1) is 16.3 Å². The molecular formula is C26H24ClN3O2. The Kier molecular flexibility index (Phi) is 5.76. The Bertz CT molecular complexity index is 1320. The predicted octanol–water partition coefficient (Wildman–Crippen LogP) is 6.60. The molecule has 0 unspecified atom stereocenters. The van der Waals surface area contributed by atoms with E-state index < -0.39 is 5.97 Å². The standard InChI is InChI=1S/C26H24ClN3O2/c1-16-5-6-17(2)29(16)22-9-7-21(8-10-22)28-15-20-13-18(3)30(19(20)4)23-11-12-24(26(31)32)25(27)14-23/h5-15H,1-4H3,(H,31,32). The van der Waals surface area contributed by atoms with Gasteiger partial charge in [0.15, 0.2) is 0 Å². The largest absolute Gasteiger partial charge is 0.478 e. The number of carbonyl (C=O) groups is 1. The Balaban J connectivity index is 1.61. The van der Waals surface area contributed by atoms with Gasteiger partial charge in [0.2, 0.25) is 0 Å². The number of aryl methyl sites for hydroxylation is 3. The summed E-state index contributed by atoms with van der Waals surface area (Å²) in [4.78, 5) is 15.9. The van der Waals surface area contributed by atoms with E-state index in [-0.39, 0.29) is 10.6 Å². The van der Waals surface area contributed by atoms with E-state index in [9.17, 15) is 9.90 Å². The normalized spacial score (nSPS) is 11.4. The molecule has 5 nitrogen and oxygen atoms in total. The molecule has 32 heavy (non-hydrogen) atoms. The molecule has 0 amide bonds. The summed E-state index contributed by atoms with van der Waals surface area (Å²) in [7, 11) is 0. The number of hydrogen-bond donors (Lipinski definition) is 1. The third kappa shape index (κ3) is 3.99. The van der Waals surface area contributed by atoms with E-state index in [1.54, 1.807) is 12.1 Å². The van der Waals surface area contributed by atoms with Crippen molar-refractivity contribution in [1.82, 2.24) is 9.13 Å². The van der Waals surface area contributed by atoms with Crippen LogP contribution in [-0.2, 0) is 0 Å². The number of aliphatic imine (C=N–C) groups is 1. The fourth-order valence-electron chi connectivity index (χ4n) is 4.04. The highest BCUT2D eigenvalue weighted by Crippen LogP contribution is 2.26.